The first-order valence-corrected chi connectivity index (χ1v) is 21.2. The topological polar surface area (TPSA) is 190 Å². The maximum absolute atomic E-state index is 14.1. The van der Waals surface area contributed by atoms with E-state index in [2.05, 4.69) is 0 Å². The number of carbonyl (C=O) groups is 3. The van der Waals surface area contributed by atoms with Crippen LogP contribution in [-0.2, 0) is 14.2 Å². The van der Waals surface area contributed by atoms with E-state index in [1.54, 1.807) is 104 Å². The monoisotopic (exact) mass is 892 g/mol. The zero-order valence-corrected chi connectivity index (χ0v) is 38.5. The minimum Gasteiger partial charge on any atom is -0.462 e. The van der Waals surface area contributed by atoms with Gasteiger partial charge in [-0.15, -0.1) is 0 Å². The van der Waals surface area contributed by atoms with Crippen molar-refractivity contribution in [3.05, 3.63) is 33.4 Å². The van der Waals surface area contributed by atoms with Gasteiger partial charge in [-0.25, -0.2) is 14.4 Å². The van der Waals surface area contributed by atoms with Crippen LogP contribution in [0, 0.1) is 0 Å². The summed E-state index contributed by atoms with van der Waals surface area (Å²) in [6.07, 6.45) is 0. The van der Waals surface area contributed by atoms with E-state index in [-0.39, 0.29) is 122 Å². The molecule has 0 spiro atoms. The van der Waals surface area contributed by atoms with Crippen LogP contribution in [-0.4, -0.2) is 72.5 Å². The lowest BCUT2D eigenvalue weighted by Crippen LogP contribution is -2.32. The van der Waals surface area contributed by atoms with Gasteiger partial charge in [-0.1, -0.05) is 0 Å². The van der Waals surface area contributed by atoms with Crippen molar-refractivity contribution < 1.29 is 85.4 Å². The van der Waals surface area contributed by atoms with Gasteiger partial charge in [0.05, 0.1) is 42.4 Å². The van der Waals surface area contributed by atoms with Gasteiger partial charge in [-0.05, 0) is 20.8 Å². The summed E-state index contributed by atoms with van der Waals surface area (Å²) in [6, 6.07) is 0. The molecular formula is C46H52O18. The highest BCUT2D eigenvalue weighted by Crippen LogP contribution is 2.70. The highest BCUT2D eigenvalue weighted by atomic mass is 16.8. The molecule has 6 aliphatic heterocycles. The lowest BCUT2D eigenvalue weighted by atomic mass is 9.79. The van der Waals surface area contributed by atoms with Crippen LogP contribution in [0.2, 0.25) is 0 Å². The average Bonchev–Trinajstić information content (AvgIpc) is 3.96. The standard InChI is InChI=1S/C46H52O18/c1-16-50-38(47)23-32-26(53-41(4,5)59-32)20(27-33(23)60-42(6,7)54-27)19(21-28-34(61-43(8,9)55-28)24(39(48)51-17-2)35-29(21)56-44(10,11)62-35)22-30-36(63-45(12,13)57-30)25(40(49)52-18-3)37-31(22)58-46(14,15)64-37/h19H,16-18H2,1-15H3. The van der Waals surface area contributed by atoms with Gasteiger partial charge in [0.25, 0.3) is 0 Å². The predicted octanol–water partition coefficient (Wildman–Crippen LogP) is 8.44. The number of benzene rings is 3. The van der Waals surface area contributed by atoms with E-state index in [9.17, 15) is 14.4 Å². The van der Waals surface area contributed by atoms with Gasteiger partial charge < -0.3 is 71.1 Å². The molecule has 0 radical (unpaired) electrons. The van der Waals surface area contributed by atoms with Gasteiger partial charge in [0, 0.05) is 83.1 Å². The van der Waals surface area contributed by atoms with Crippen LogP contribution in [0.1, 0.15) is 158 Å². The quantitative estimate of drug-likeness (QED) is 0.113. The summed E-state index contributed by atoms with van der Waals surface area (Å²) in [7, 11) is 0. The summed E-state index contributed by atoms with van der Waals surface area (Å²) in [6.45, 7) is 25.1. The largest absolute Gasteiger partial charge is 0.462 e. The number of esters is 3. The van der Waals surface area contributed by atoms with Crippen LogP contribution in [0.5, 0.6) is 69.0 Å². The number of fused-ring (bicyclic) bond motifs is 6. The molecule has 3 aromatic carbocycles. The van der Waals surface area contributed by atoms with E-state index in [0.29, 0.717) is 0 Å². The van der Waals surface area contributed by atoms with Gasteiger partial charge in [-0.3, -0.25) is 0 Å². The molecule has 9 rings (SSSR count). The number of hydrogen-bond acceptors (Lipinski definition) is 18. The lowest BCUT2D eigenvalue weighted by Gasteiger charge is -2.28. The van der Waals surface area contributed by atoms with Crippen molar-refractivity contribution in [3.8, 4) is 69.0 Å². The summed E-state index contributed by atoms with van der Waals surface area (Å²) >= 11 is 0. The van der Waals surface area contributed by atoms with Gasteiger partial charge in [-0.2, -0.15) is 0 Å². The Hall–Kier alpha value is -6.33. The minimum absolute atomic E-state index is 0.0257. The van der Waals surface area contributed by atoms with Crippen LogP contribution >= 0.6 is 0 Å². The van der Waals surface area contributed by atoms with Gasteiger partial charge >= 0.3 is 17.9 Å². The highest BCUT2D eigenvalue weighted by Gasteiger charge is 2.57. The van der Waals surface area contributed by atoms with E-state index < -0.39 is 58.5 Å². The first-order chi connectivity index (χ1) is 29.7. The smallest absolute Gasteiger partial charge is 0.346 e. The minimum atomic E-state index is -1.39. The second-order valence-electron chi connectivity index (χ2n) is 18.5. The number of hydrogen-bond donors (Lipinski definition) is 0. The third-order valence-corrected chi connectivity index (χ3v) is 10.5. The zero-order valence-electron chi connectivity index (χ0n) is 38.5. The first-order valence-electron chi connectivity index (χ1n) is 21.2. The molecule has 18 heteroatoms. The SMILES string of the molecule is CCOC(=O)c1c2c(c(C(c3c4c(c(C(=O)OCC)c5c3OC(C)(C)O5)OC(C)(C)O4)c3c4c(c(C(=O)OCC)c5c3OC(C)(C)O5)OC(C)(C)O4)c3c1OC(C)(C)O3)OC(C)(C)O2. The summed E-state index contributed by atoms with van der Waals surface area (Å²) in [5.74, 6) is -12.0. The van der Waals surface area contributed by atoms with Crippen LogP contribution < -0.4 is 56.8 Å². The predicted molar refractivity (Wildman–Crippen MR) is 220 cm³/mol. The molecule has 0 N–H and O–H groups in total. The molecule has 0 amide bonds. The van der Waals surface area contributed by atoms with Gasteiger partial charge in [0.1, 0.15) is 0 Å². The van der Waals surface area contributed by atoms with Gasteiger partial charge in [0.15, 0.2) is 85.7 Å². The fourth-order valence-corrected chi connectivity index (χ4v) is 8.69. The van der Waals surface area contributed by atoms with Crippen molar-refractivity contribution in [3.63, 3.8) is 0 Å². The molecule has 64 heavy (non-hydrogen) atoms. The molecule has 0 bridgehead atoms. The Bertz CT molecular complexity index is 2160. The Morgan fingerprint density at radius 3 is 0.641 bits per heavy atom. The van der Waals surface area contributed by atoms with Crippen LogP contribution in [0.15, 0.2) is 0 Å². The van der Waals surface area contributed by atoms with Gasteiger partial charge in [0.2, 0.25) is 34.7 Å². The Morgan fingerprint density at radius 2 is 0.484 bits per heavy atom. The van der Waals surface area contributed by atoms with Crippen LogP contribution in [0.4, 0.5) is 0 Å². The molecule has 344 valence electrons. The summed E-state index contributed by atoms with van der Waals surface area (Å²) in [5.41, 5.74) is 0.274. The molecule has 0 unspecified atom stereocenters. The maximum Gasteiger partial charge on any atom is 0.346 e. The number of carbonyl (C=O) groups excluding carboxylic acids is 3. The summed E-state index contributed by atoms with van der Waals surface area (Å²) in [5, 5.41) is 0. The molecule has 18 nitrogen and oxygen atoms in total. The third-order valence-electron chi connectivity index (χ3n) is 10.5. The van der Waals surface area contributed by atoms with Crippen molar-refractivity contribution in [1.82, 2.24) is 0 Å². The van der Waals surface area contributed by atoms with Crippen molar-refractivity contribution in [2.24, 2.45) is 0 Å². The Kier molecular flexibility index (Phi) is 9.12. The molecule has 3 aromatic rings. The van der Waals surface area contributed by atoms with Crippen LogP contribution in [0.25, 0.3) is 0 Å². The highest BCUT2D eigenvalue weighted by molar-refractivity contribution is 6.03. The van der Waals surface area contributed by atoms with E-state index >= 15 is 0 Å². The fraction of sp³-hybridized carbons (Fsp3) is 0.543. The second kappa shape index (κ2) is 13.6. The Labute approximate surface area is 369 Å². The molecule has 0 fully saturated rings. The first kappa shape index (κ1) is 42.9. The molecule has 0 aromatic heterocycles. The van der Waals surface area contributed by atoms with E-state index in [1.807, 2.05) is 0 Å². The molecular weight excluding hydrogens is 840 g/mol. The molecule has 0 aliphatic carbocycles. The second-order valence-corrected chi connectivity index (χ2v) is 18.5. The third kappa shape index (κ3) is 6.61. The van der Waals surface area contributed by atoms with Crippen molar-refractivity contribution >= 4 is 17.9 Å². The zero-order chi connectivity index (χ0) is 46.4. The Morgan fingerprint density at radius 1 is 0.328 bits per heavy atom. The number of rotatable bonds is 9. The lowest BCUT2D eigenvalue weighted by molar-refractivity contribution is -0.0498. The molecule has 0 saturated carbocycles. The van der Waals surface area contributed by atoms with E-state index in [4.69, 9.17) is 71.1 Å². The average molecular weight is 893 g/mol. The van der Waals surface area contributed by atoms with Crippen molar-refractivity contribution in [2.45, 2.75) is 144 Å². The summed E-state index contributed by atoms with van der Waals surface area (Å²) in [4.78, 5) is 42.3. The van der Waals surface area contributed by atoms with Crippen molar-refractivity contribution in [1.29, 1.82) is 0 Å². The molecule has 6 heterocycles. The van der Waals surface area contributed by atoms with Crippen LogP contribution in [0.3, 0.4) is 0 Å². The fourth-order valence-electron chi connectivity index (χ4n) is 8.69. The summed E-state index contributed by atoms with van der Waals surface area (Å²) < 4.78 is 96.2. The Balaban J connectivity index is 1.52. The maximum atomic E-state index is 14.1. The normalized spacial score (nSPS) is 20.1. The molecule has 0 atom stereocenters. The van der Waals surface area contributed by atoms with E-state index in [0.717, 1.165) is 0 Å². The number of ether oxygens (including phenoxy) is 15. The molecule has 0 saturated heterocycles. The van der Waals surface area contributed by atoms with Crippen molar-refractivity contribution in [2.75, 3.05) is 19.8 Å². The molecule has 6 aliphatic rings. The van der Waals surface area contributed by atoms with E-state index in [1.165, 1.54) is 0 Å².